The molecule has 2 saturated heterocycles. The fourth-order valence-corrected chi connectivity index (χ4v) is 4.96. The van der Waals surface area contributed by atoms with Crippen LogP contribution in [-0.2, 0) is 4.74 Å². The van der Waals surface area contributed by atoms with Crippen molar-refractivity contribution in [3.63, 3.8) is 0 Å². The van der Waals surface area contributed by atoms with Gasteiger partial charge in [0, 0.05) is 49.8 Å². The van der Waals surface area contributed by atoms with Crippen molar-refractivity contribution in [3.8, 4) is 17.7 Å². The van der Waals surface area contributed by atoms with E-state index < -0.39 is 5.60 Å². The quantitative estimate of drug-likeness (QED) is 0.417. The van der Waals surface area contributed by atoms with Gasteiger partial charge in [0.25, 0.3) is 0 Å². The van der Waals surface area contributed by atoms with E-state index in [1.165, 1.54) is 12.1 Å². The van der Waals surface area contributed by atoms with E-state index in [1.54, 1.807) is 23.1 Å². The number of ether oxygens (including phenoxy) is 1. The molecule has 9 nitrogen and oxygen atoms in total. The minimum absolute atomic E-state index is 0.166. The maximum atomic E-state index is 13.7. The third-order valence-electron chi connectivity index (χ3n) is 7.10. The SMILES string of the molecule is C[C@@H]1COCCN1c1cc(C#CC2(O)CCN(c3cccc(F)c3)CC2)c2cnn(-c3ccn[nH]3)c2n1. The summed E-state index contributed by atoms with van der Waals surface area (Å²) in [5, 5.41) is 23.6. The molecule has 190 valence electrons. The Labute approximate surface area is 213 Å². The molecule has 0 bridgehead atoms. The molecule has 10 heteroatoms. The number of aliphatic hydroxyl groups is 1. The molecule has 3 aromatic heterocycles. The van der Waals surface area contributed by atoms with Gasteiger partial charge in [-0.1, -0.05) is 17.9 Å². The maximum Gasteiger partial charge on any atom is 0.168 e. The van der Waals surface area contributed by atoms with E-state index >= 15 is 0 Å². The number of piperidine rings is 1. The molecule has 6 rings (SSSR count). The number of hydrogen-bond acceptors (Lipinski definition) is 7. The van der Waals surface area contributed by atoms with E-state index in [1.807, 2.05) is 18.2 Å². The molecule has 2 fully saturated rings. The highest BCUT2D eigenvalue weighted by Crippen LogP contribution is 2.29. The van der Waals surface area contributed by atoms with Crippen LogP contribution in [0.5, 0.6) is 0 Å². The van der Waals surface area contributed by atoms with Gasteiger partial charge in [-0.05, 0) is 31.2 Å². The van der Waals surface area contributed by atoms with Gasteiger partial charge in [-0.15, -0.1) is 0 Å². The molecular formula is C27H28FN7O2. The number of benzene rings is 1. The van der Waals surface area contributed by atoms with Gasteiger partial charge < -0.3 is 19.6 Å². The number of hydrogen-bond donors (Lipinski definition) is 2. The fourth-order valence-electron chi connectivity index (χ4n) is 4.96. The zero-order valence-electron chi connectivity index (χ0n) is 20.6. The normalized spacial score (nSPS) is 19.6. The van der Waals surface area contributed by atoms with Gasteiger partial charge in [-0.25, -0.2) is 9.37 Å². The average molecular weight is 502 g/mol. The predicted octanol–water partition coefficient (Wildman–Crippen LogP) is 2.89. The van der Waals surface area contributed by atoms with Crippen LogP contribution in [0.15, 0.2) is 48.8 Å². The Morgan fingerprint density at radius 2 is 2.05 bits per heavy atom. The molecule has 0 spiro atoms. The Balaban J connectivity index is 1.33. The first-order valence-electron chi connectivity index (χ1n) is 12.5. The zero-order valence-corrected chi connectivity index (χ0v) is 20.6. The predicted molar refractivity (Wildman–Crippen MR) is 138 cm³/mol. The zero-order chi connectivity index (χ0) is 25.4. The lowest BCUT2D eigenvalue weighted by atomic mass is 9.91. The fraction of sp³-hybridized carbons (Fsp3) is 0.370. The molecule has 5 heterocycles. The Kier molecular flexibility index (Phi) is 6.02. The standard InChI is InChI=1S/C27H28FN7O2/c1-19-18-37-14-13-34(19)25-15-20(23-17-30-35(26(23)31-25)24-6-10-29-32-24)5-7-27(36)8-11-33(12-9-27)22-4-2-3-21(28)16-22/h2-4,6,10,15-17,19,36H,8-9,11-14,18H2,1H3,(H,29,32)/t19-/m1/s1. The van der Waals surface area contributed by atoms with Crippen molar-refractivity contribution >= 4 is 22.5 Å². The van der Waals surface area contributed by atoms with Crippen LogP contribution in [0, 0.1) is 17.7 Å². The summed E-state index contributed by atoms with van der Waals surface area (Å²) in [5.41, 5.74) is 1.11. The number of aromatic nitrogens is 5. The van der Waals surface area contributed by atoms with Gasteiger partial charge in [-0.2, -0.15) is 14.9 Å². The van der Waals surface area contributed by atoms with Crippen molar-refractivity contribution in [2.24, 2.45) is 0 Å². The van der Waals surface area contributed by atoms with Crippen LogP contribution >= 0.6 is 0 Å². The first-order chi connectivity index (χ1) is 18.0. The number of pyridine rings is 1. The molecule has 0 amide bonds. The third kappa shape index (κ3) is 4.63. The minimum atomic E-state index is -1.13. The lowest BCUT2D eigenvalue weighted by molar-refractivity contribution is 0.0746. The van der Waals surface area contributed by atoms with Crippen LogP contribution in [-0.4, -0.2) is 74.6 Å². The van der Waals surface area contributed by atoms with Crippen LogP contribution < -0.4 is 9.80 Å². The van der Waals surface area contributed by atoms with E-state index in [2.05, 4.69) is 43.9 Å². The molecular weight excluding hydrogens is 473 g/mol. The highest BCUT2D eigenvalue weighted by Gasteiger charge is 2.31. The average Bonchev–Trinajstić information content (AvgIpc) is 3.58. The molecule has 0 aliphatic carbocycles. The monoisotopic (exact) mass is 501 g/mol. The van der Waals surface area contributed by atoms with Crippen LogP contribution in [0.25, 0.3) is 16.9 Å². The summed E-state index contributed by atoms with van der Waals surface area (Å²) in [6.07, 6.45) is 4.34. The van der Waals surface area contributed by atoms with Gasteiger partial charge in [0.05, 0.1) is 37.0 Å². The smallest absolute Gasteiger partial charge is 0.168 e. The number of H-pyrrole nitrogens is 1. The number of aromatic amines is 1. The van der Waals surface area contributed by atoms with Crippen molar-refractivity contribution in [1.82, 2.24) is 25.0 Å². The molecule has 0 saturated carbocycles. The molecule has 37 heavy (non-hydrogen) atoms. The van der Waals surface area contributed by atoms with Gasteiger partial charge in [0.2, 0.25) is 0 Å². The summed E-state index contributed by atoms with van der Waals surface area (Å²) in [6.45, 7) is 5.28. The van der Waals surface area contributed by atoms with Gasteiger partial charge in [0.1, 0.15) is 17.2 Å². The molecule has 0 unspecified atom stereocenters. The van der Waals surface area contributed by atoms with E-state index in [9.17, 15) is 9.50 Å². The number of halogens is 1. The second-order valence-corrected chi connectivity index (χ2v) is 9.63. The molecule has 1 atom stereocenters. The Morgan fingerprint density at radius 3 is 2.81 bits per heavy atom. The van der Waals surface area contributed by atoms with Crippen LogP contribution in [0.2, 0.25) is 0 Å². The van der Waals surface area contributed by atoms with Gasteiger partial charge >= 0.3 is 0 Å². The first kappa shape index (κ1) is 23.5. The highest BCUT2D eigenvalue weighted by molar-refractivity contribution is 5.85. The number of fused-ring (bicyclic) bond motifs is 1. The summed E-state index contributed by atoms with van der Waals surface area (Å²) in [6, 6.07) is 10.5. The van der Waals surface area contributed by atoms with E-state index in [4.69, 9.17) is 9.72 Å². The Morgan fingerprint density at radius 1 is 1.19 bits per heavy atom. The molecule has 1 aromatic carbocycles. The van der Waals surface area contributed by atoms with Crippen LogP contribution in [0.4, 0.5) is 15.9 Å². The van der Waals surface area contributed by atoms with Crippen molar-refractivity contribution in [1.29, 1.82) is 0 Å². The second-order valence-electron chi connectivity index (χ2n) is 9.63. The number of nitrogens with zero attached hydrogens (tertiary/aromatic N) is 6. The first-order valence-corrected chi connectivity index (χ1v) is 12.5. The number of anilines is 2. The number of rotatable bonds is 3. The molecule has 2 aliphatic rings. The lowest BCUT2D eigenvalue weighted by Crippen LogP contribution is -2.44. The summed E-state index contributed by atoms with van der Waals surface area (Å²) in [5.74, 6) is 7.65. The Hall–Kier alpha value is -3.94. The molecule has 2 N–H and O–H groups in total. The van der Waals surface area contributed by atoms with Gasteiger partial charge in [-0.3, -0.25) is 5.10 Å². The van der Waals surface area contributed by atoms with Crippen molar-refractivity contribution in [2.75, 3.05) is 42.6 Å². The highest BCUT2D eigenvalue weighted by atomic mass is 19.1. The van der Waals surface area contributed by atoms with Crippen LogP contribution in [0.1, 0.15) is 25.3 Å². The summed E-state index contributed by atoms with van der Waals surface area (Å²) < 4.78 is 21.0. The number of nitrogens with one attached hydrogen (secondary N) is 1. The molecule has 2 aliphatic heterocycles. The molecule has 0 radical (unpaired) electrons. The summed E-state index contributed by atoms with van der Waals surface area (Å²) in [7, 11) is 0. The summed E-state index contributed by atoms with van der Waals surface area (Å²) >= 11 is 0. The van der Waals surface area contributed by atoms with Crippen molar-refractivity contribution in [2.45, 2.75) is 31.4 Å². The second kappa shape index (κ2) is 9.50. The van der Waals surface area contributed by atoms with Gasteiger partial charge in [0.15, 0.2) is 11.5 Å². The lowest BCUT2D eigenvalue weighted by Gasteiger charge is -2.36. The van der Waals surface area contributed by atoms with E-state index in [0.29, 0.717) is 50.6 Å². The summed E-state index contributed by atoms with van der Waals surface area (Å²) in [4.78, 5) is 9.24. The third-order valence-corrected chi connectivity index (χ3v) is 7.10. The van der Waals surface area contributed by atoms with Crippen LogP contribution in [0.3, 0.4) is 0 Å². The Bertz CT molecular complexity index is 1470. The number of morpholine rings is 1. The molecule has 4 aromatic rings. The van der Waals surface area contributed by atoms with E-state index in [0.717, 1.165) is 29.0 Å². The largest absolute Gasteiger partial charge is 0.377 e. The minimum Gasteiger partial charge on any atom is -0.377 e. The van der Waals surface area contributed by atoms with E-state index in [-0.39, 0.29) is 11.9 Å². The van der Waals surface area contributed by atoms with Crippen molar-refractivity contribution in [3.05, 3.63) is 60.2 Å². The maximum absolute atomic E-state index is 13.7. The topological polar surface area (TPSA) is 95.3 Å². The van der Waals surface area contributed by atoms with Crippen molar-refractivity contribution < 1.29 is 14.2 Å².